The van der Waals surface area contributed by atoms with Gasteiger partial charge in [-0.2, -0.15) is 5.10 Å². The van der Waals surface area contributed by atoms with Crippen LogP contribution >= 0.6 is 11.6 Å². The molecule has 0 radical (unpaired) electrons. The summed E-state index contributed by atoms with van der Waals surface area (Å²) in [5, 5.41) is 9.02. The minimum atomic E-state index is 0.216. The predicted octanol–water partition coefficient (Wildman–Crippen LogP) is 2.73. The molecule has 0 aromatic carbocycles. The van der Waals surface area contributed by atoms with E-state index in [2.05, 4.69) is 36.1 Å². The van der Waals surface area contributed by atoms with Crippen LogP contribution in [0.4, 0.5) is 0 Å². The van der Waals surface area contributed by atoms with Crippen LogP contribution in [-0.4, -0.2) is 39.4 Å². The molecule has 0 amide bonds. The summed E-state index contributed by atoms with van der Waals surface area (Å²) in [6.07, 6.45) is 3.91. The van der Waals surface area contributed by atoms with Gasteiger partial charge in [-0.25, -0.2) is 0 Å². The molecule has 118 valence electrons. The van der Waals surface area contributed by atoms with Gasteiger partial charge in [0.1, 0.15) is 5.15 Å². The molecule has 1 aromatic heterocycles. The molecule has 2 unspecified atom stereocenters. The first-order chi connectivity index (χ1) is 9.93. The molecule has 1 aliphatic carbocycles. The van der Waals surface area contributed by atoms with Crippen molar-refractivity contribution in [1.82, 2.24) is 20.0 Å². The van der Waals surface area contributed by atoms with Crippen LogP contribution in [0.5, 0.6) is 0 Å². The summed E-state index contributed by atoms with van der Waals surface area (Å²) < 4.78 is 1.79. The van der Waals surface area contributed by atoms with Crippen molar-refractivity contribution in [3.8, 4) is 0 Å². The second kappa shape index (κ2) is 5.56. The van der Waals surface area contributed by atoms with Gasteiger partial charge in [0.2, 0.25) is 0 Å². The van der Waals surface area contributed by atoms with E-state index in [1.54, 1.807) is 4.68 Å². The Kier molecular flexibility index (Phi) is 4.06. The summed E-state index contributed by atoms with van der Waals surface area (Å²) in [4.78, 5) is 2.65. The van der Waals surface area contributed by atoms with Crippen molar-refractivity contribution in [3.63, 3.8) is 0 Å². The van der Waals surface area contributed by atoms with E-state index in [0.29, 0.717) is 6.04 Å². The lowest BCUT2D eigenvalue weighted by Crippen LogP contribution is -2.62. The van der Waals surface area contributed by atoms with Crippen LogP contribution in [0.2, 0.25) is 5.15 Å². The van der Waals surface area contributed by atoms with Gasteiger partial charge in [-0.3, -0.25) is 9.58 Å². The first-order valence-corrected chi connectivity index (χ1v) is 8.48. The van der Waals surface area contributed by atoms with Gasteiger partial charge in [-0.1, -0.05) is 18.5 Å². The third-order valence-corrected chi connectivity index (χ3v) is 5.81. The van der Waals surface area contributed by atoms with Gasteiger partial charge in [0, 0.05) is 43.8 Å². The minimum absolute atomic E-state index is 0.216. The fraction of sp³-hybridized carbons (Fsp3) is 0.812. The molecule has 0 bridgehead atoms. The topological polar surface area (TPSA) is 33.1 Å². The van der Waals surface area contributed by atoms with Gasteiger partial charge < -0.3 is 5.32 Å². The fourth-order valence-electron chi connectivity index (χ4n) is 3.51. The molecular weight excluding hydrogens is 284 g/mol. The zero-order chi connectivity index (χ0) is 15.2. The van der Waals surface area contributed by atoms with Crippen molar-refractivity contribution >= 4 is 11.6 Å². The zero-order valence-electron chi connectivity index (χ0n) is 13.6. The van der Waals surface area contributed by atoms with E-state index >= 15 is 0 Å². The van der Waals surface area contributed by atoms with Gasteiger partial charge in [0.15, 0.2) is 0 Å². The highest BCUT2D eigenvalue weighted by atomic mass is 35.5. The highest BCUT2D eigenvalue weighted by Gasteiger charge is 2.42. The Labute approximate surface area is 132 Å². The first-order valence-electron chi connectivity index (χ1n) is 8.10. The van der Waals surface area contributed by atoms with Crippen LogP contribution in [0.15, 0.2) is 0 Å². The SMILES string of the molecule is CCC1(C)CN(Cc2c(C)nn(C)c2Cl)C(C2CC2)CN1. The molecule has 1 saturated carbocycles. The van der Waals surface area contributed by atoms with E-state index in [1.165, 1.54) is 18.4 Å². The average Bonchev–Trinajstić information content (AvgIpc) is 3.25. The fourth-order valence-corrected chi connectivity index (χ4v) is 3.75. The minimum Gasteiger partial charge on any atom is -0.309 e. The maximum atomic E-state index is 6.44. The zero-order valence-corrected chi connectivity index (χ0v) is 14.4. The molecule has 1 aromatic rings. The van der Waals surface area contributed by atoms with E-state index in [9.17, 15) is 0 Å². The van der Waals surface area contributed by atoms with Crippen LogP contribution in [-0.2, 0) is 13.6 Å². The maximum absolute atomic E-state index is 6.44. The number of hydrogen-bond donors (Lipinski definition) is 1. The molecule has 5 heteroatoms. The van der Waals surface area contributed by atoms with Crippen LogP contribution in [0.3, 0.4) is 0 Å². The van der Waals surface area contributed by atoms with Crippen molar-refractivity contribution in [1.29, 1.82) is 0 Å². The number of aromatic nitrogens is 2. The highest BCUT2D eigenvalue weighted by Crippen LogP contribution is 2.38. The van der Waals surface area contributed by atoms with E-state index in [-0.39, 0.29) is 5.54 Å². The highest BCUT2D eigenvalue weighted by molar-refractivity contribution is 6.30. The van der Waals surface area contributed by atoms with Crippen molar-refractivity contribution in [2.75, 3.05) is 13.1 Å². The summed E-state index contributed by atoms with van der Waals surface area (Å²) in [5.74, 6) is 0.870. The molecule has 1 N–H and O–H groups in total. The third kappa shape index (κ3) is 2.99. The lowest BCUT2D eigenvalue weighted by molar-refractivity contribution is 0.0661. The number of nitrogens with zero attached hydrogens (tertiary/aromatic N) is 3. The summed E-state index contributed by atoms with van der Waals surface area (Å²) >= 11 is 6.44. The van der Waals surface area contributed by atoms with E-state index < -0.39 is 0 Å². The van der Waals surface area contributed by atoms with E-state index in [4.69, 9.17) is 11.6 Å². The Hall–Kier alpha value is -0.580. The number of halogens is 1. The van der Waals surface area contributed by atoms with Gasteiger partial charge in [-0.15, -0.1) is 0 Å². The second-order valence-corrected chi connectivity index (χ2v) is 7.44. The van der Waals surface area contributed by atoms with Crippen molar-refractivity contribution in [2.24, 2.45) is 13.0 Å². The van der Waals surface area contributed by atoms with Crippen molar-refractivity contribution in [2.45, 2.75) is 58.2 Å². The Morgan fingerprint density at radius 2 is 2.14 bits per heavy atom. The van der Waals surface area contributed by atoms with Crippen LogP contribution in [0.1, 0.15) is 44.4 Å². The third-order valence-electron chi connectivity index (χ3n) is 5.34. The summed E-state index contributed by atoms with van der Waals surface area (Å²) in [7, 11) is 1.92. The molecule has 2 atom stereocenters. The summed E-state index contributed by atoms with van der Waals surface area (Å²) in [6.45, 7) is 9.79. The molecule has 1 saturated heterocycles. The molecular formula is C16H27ClN4. The van der Waals surface area contributed by atoms with Crippen LogP contribution in [0, 0.1) is 12.8 Å². The van der Waals surface area contributed by atoms with Gasteiger partial charge in [-0.05, 0) is 39.0 Å². The van der Waals surface area contributed by atoms with Crippen LogP contribution in [0.25, 0.3) is 0 Å². The number of hydrogen-bond acceptors (Lipinski definition) is 3. The van der Waals surface area contributed by atoms with Gasteiger partial charge >= 0.3 is 0 Å². The smallest absolute Gasteiger partial charge is 0.131 e. The van der Waals surface area contributed by atoms with Crippen molar-refractivity contribution < 1.29 is 0 Å². The normalized spacial score (nSPS) is 30.8. The molecule has 2 fully saturated rings. The molecule has 2 heterocycles. The van der Waals surface area contributed by atoms with Gasteiger partial charge in [0.05, 0.1) is 5.69 Å². The Morgan fingerprint density at radius 1 is 1.43 bits per heavy atom. The predicted molar refractivity (Wildman–Crippen MR) is 86.6 cm³/mol. The molecule has 21 heavy (non-hydrogen) atoms. The summed E-state index contributed by atoms with van der Waals surface area (Å²) in [5.41, 5.74) is 2.48. The molecule has 2 aliphatic rings. The lowest BCUT2D eigenvalue weighted by atomic mass is 9.91. The Morgan fingerprint density at radius 3 is 2.67 bits per heavy atom. The number of nitrogens with one attached hydrogen (secondary N) is 1. The molecule has 3 rings (SSSR count). The van der Waals surface area contributed by atoms with Gasteiger partial charge in [0.25, 0.3) is 0 Å². The van der Waals surface area contributed by atoms with Crippen molar-refractivity contribution in [3.05, 3.63) is 16.4 Å². The Bertz CT molecular complexity index is 523. The Balaban J connectivity index is 1.82. The quantitative estimate of drug-likeness (QED) is 0.928. The monoisotopic (exact) mass is 310 g/mol. The molecule has 4 nitrogen and oxygen atoms in total. The number of rotatable bonds is 4. The lowest BCUT2D eigenvalue weighted by Gasteiger charge is -2.46. The number of aryl methyl sites for hydroxylation is 2. The first kappa shape index (κ1) is 15.3. The average molecular weight is 311 g/mol. The number of piperazine rings is 1. The molecule has 0 spiro atoms. The van der Waals surface area contributed by atoms with E-state index in [0.717, 1.165) is 42.8 Å². The van der Waals surface area contributed by atoms with Crippen LogP contribution < -0.4 is 5.32 Å². The summed E-state index contributed by atoms with van der Waals surface area (Å²) in [6, 6.07) is 0.653. The molecule has 1 aliphatic heterocycles. The van der Waals surface area contributed by atoms with E-state index in [1.807, 2.05) is 7.05 Å². The second-order valence-electron chi connectivity index (χ2n) is 7.08. The largest absolute Gasteiger partial charge is 0.309 e. The standard InChI is InChI=1S/C16H27ClN4/c1-5-16(3)10-21(14(8-18-16)12-6-7-12)9-13-11(2)19-20(4)15(13)17/h12,14,18H,5-10H2,1-4H3. The maximum Gasteiger partial charge on any atom is 0.131 e.